The van der Waals surface area contributed by atoms with Crippen LogP contribution < -0.4 is 10.6 Å². The van der Waals surface area contributed by atoms with Crippen molar-refractivity contribution in [2.45, 2.75) is 38.6 Å². The molecular weight excluding hydrogens is 216 g/mol. The summed E-state index contributed by atoms with van der Waals surface area (Å²) >= 11 is 0. The Bertz CT molecular complexity index is 390. The summed E-state index contributed by atoms with van der Waals surface area (Å²) < 4.78 is 0. The Hall–Kier alpha value is -1.36. The first kappa shape index (κ1) is 12.1. The van der Waals surface area contributed by atoms with Gasteiger partial charge in [0.1, 0.15) is 18.0 Å². The van der Waals surface area contributed by atoms with Crippen molar-refractivity contribution in [1.82, 2.24) is 9.97 Å². The van der Waals surface area contributed by atoms with Crippen molar-refractivity contribution >= 4 is 11.6 Å². The van der Waals surface area contributed by atoms with E-state index >= 15 is 0 Å². The summed E-state index contributed by atoms with van der Waals surface area (Å²) in [6.45, 7) is 4.92. The Labute approximate surface area is 102 Å². The van der Waals surface area contributed by atoms with Gasteiger partial charge in [0.2, 0.25) is 0 Å². The van der Waals surface area contributed by atoms with Gasteiger partial charge in [0.15, 0.2) is 0 Å². The van der Waals surface area contributed by atoms with Gasteiger partial charge in [-0.2, -0.15) is 0 Å². The average Bonchev–Trinajstić information content (AvgIpc) is 3.08. The summed E-state index contributed by atoms with van der Waals surface area (Å²) in [7, 11) is 0. The van der Waals surface area contributed by atoms with Crippen LogP contribution in [0.15, 0.2) is 6.33 Å². The number of nitrogens with two attached hydrogens (primary N) is 1. The first-order chi connectivity index (χ1) is 8.15. The van der Waals surface area contributed by atoms with Crippen LogP contribution in [0.5, 0.6) is 0 Å². The third-order valence-electron chi connectivity index (χ3n) is 3.07. The van der Waals surface area contributed by atoms with Crippen LogP contribution in [-0.4, -0.2) is 34.3 Å². The van der Waals surface area contributed by atoms with Crippen molar-refractivity contribution < 1.29 is 5.11 Å². The fourth-order valence-corrected chi connectivity index (χ4v) is 2.14. The maximum Gasteiger partial charge on any atom is 0.137 e. The van der Waals surface area contributed by atoms with E-state index in [4.69, 9.17) is 10.8 Å². The molecule has 0 atom stereocenters. The van der Waals surface area contributed by atoms with Crippen molar-refractivity contribution in [2.24, 2.45) is 0 Å². The minimum Gasteiger partial charge on any atom is -0.395 e. The highest BCUT2D eigenvalue weighted by molar-refractivity contribution is 5.59. The normalized spacial score (nSPS) is 15.3. The number of anilines is 2. The lowest BCUT2D eigenvalue weighted by atomic mass is 10.0. The van der Waals surface area contributed by atoms with Crippen molar-refractivity contribution in [3.8, 4) is 0 Å². The molecule has 1 saturated carbocycles. The zero-order valence-electron chi connectivity index (χ0n) is 10.4. The Kier molecular flexibility index (Phi) is 3.47. The molecule has 5 heteroatoms. The van der Waals surface area contributed by atoms with Crippen molar-refractivity contribution in [1.29, 1.82) is 0 Å². The number of hydrogen-bond acceptors (Lipinski definition) is 5. The summed E-state index contributed by atoms with van der Waals surface area (Å²) in [5, 5.41) is 9.16. The second kappa shape index (κ2) is 4.87. The predicted octanol–water partition coefficient (Wildman–Crippen LogP) is 1.14. The summed E-state index contributed by atoms with van der Waals surface area (Å²) in [4.78, 5) is 10.6. The number of aromatic nitrogens is 2. The van der Waals surface area contributed by atoms with Gasteiger partial charge in [0.05, 0.1) is 6.61 Å². The number of hydrogen-bond donors (Lipinski definition) is 2. The number of nitrogens with zero attached hydrogens (tertiary/aromatic N) is 3. The van der Waals surface area contributed by atoms with Gasteiger partial charge in [-0.3, -0.25) is 0 Å². The number of aliphatic hydroxyl groups excluding tert-OH is 1. The van der Waals surface area contributed by atoms with Gasteiger partial charge in [-0.15, -0.1) is 0 Å². The molecule has 1 aromatic rings. The topological polar surface area (TPSA) is 75.3 Å². The molecule has 0 unspecified atom stereocenters. The highest BCUT2D eigenvalue weighted by atomic mass is 16.3. The van der Waals surface area contributed by atoms with Gasteiger partial charge < -0.3 is 15.7 Å². The van der Waals surface area contributed by atoms with Crippen LogP contribution in [0, 0.1) is 0 Å². The molecule has 0 aromatic carbocycles. The minimum absolute atomic E-state index is 0.137. The molecule has 0 radical (unpaired) electrons. The number of nitrogen functional groups attached to an aromatic ring is 1. The summed E-state index contributed by atoms with van der Waals surface area (Å²) in [5.74, 6) is 1.73. The molecule has 1 fully saturated rings. The molecule has 0 saturated heterocycles. The van der Waals surface area contributed by atoms with Gasteiger partial charge in [-0.25, -0.2) is 9.97 Å². The molecule has 0 amide bonds. The van der Waals surface area contributed by atoms with E-state index in [2.05, 4.69) is 28.7 Å². The second-order valence-corrected chi connectivity index (χ2v) is 4.80. The van der Waals surface area contributed by atoms with Gasteiger partial charge >= 0.3 is 0 Å². The molecule has 3 N–H and O–H groups in total. The number of aliphatic hydroxyl groups is 1. The fraction of sp³-hybridized carbons (Fsp3) is 0.667. The molecule has 1 heterocycles. The largest absolute Gasteiger partial charge is 0.395 e. The zero-order chi connectivity index (χ0) is 12.4. The van der Waals surface area contributed by atoms with Crippen LogP contribution in [0.2, 0.25) is 0 Å². The van der Waals surface area contributed by atoms with Gasteiger partial charge in [-0.1, -0.05) is 13.8 Å². The highest BCUT2D eigenvalue weighted by Gasteiger charge is 2.32. The summed E-state index contributed by atoms with van der Waals surface area (Å²) in [6, 6.07) is 0.508. The minimum atomic E-state index is 0.137. The maximum absolute atomic E-state index is 9.16. The van der Waals surface area contributed by atoms with Crippen LogP contribution in [-0.2, 0) is 0 Å². The highest BCUT2D eigenvalue weighted by Crippen LogP contribution is 2.36. The van der Waals surface area contributed by atoms with Crippen LogP contribution in [0.3, 0.4) is 0 Å². The third kappa shape index (κ3) is 2.49. The average molecular weight is 236 g/mol. The molecule has 1 aromatic heterocycles. The Morgan fingerprint density at radius 3 is 2.71 bits per heavy atom. The lowest BCUT2D eigenvalue weighted by molar-refractivity contribution is 0.301. The van der Waals surface area contributed by atoms with E-state index in [1.807, 2.05) is 0 Å². The van der Waals surface area contributed by atoms with Gasteiger partial charge in [-0.05, 0) is 18.8 Å². The standard InChI is InChI=1S/C12H20N4O/c1-8(2)10-11(13)14-7-15-12(10)16(5-6-17)9-3-4-9/h7-9,17H,3-6H2,1-2H3,(H2,13,14,15). The van der Waals surface area contributed by atoms with Crippen LogP contribution in [0.25, 0.3) is 0 Å². The Morgan fingerprint density at radius 2 is 2.18 bits per heavy atom. The quantitative estimate of drug-likeness (QED) is 0.802. The van der Waals surface area contributed by atoms with Crippen molar-refractivity contribution in [3.63, 3.8) is 0 Å². The molecule has 94 valence electrons. The maximum atomic E-state index is 9.16. The SMILES string of the molecule is CC(C)c1c(N)ncnc1N(CCO)C1CC1. The molecular formula is C12H20N4O. The van der Waals surface area contributed by atoms with Gasteiger partial charge in [0.25, 0.3) is 0 Å². The van der Waals surface area contributed by atoms with Crippen LogP contribution >= 0.6 is 0 Å². The first-order valence-electron chi connectivity index (χ1n) is 6.13. The molecule has 1 aliphatic rings. The smallest absolute Gasteiger partial charge is 0.137 e. The zero-order valence-corrected chi connectivity index (χ0v) is 10.4. The van der Waals surface area contributed by atoms with E-state index in [1.165, 1.54) is 19.2 Å². The van der Waals surface area contributed by atoms with Crippen molar-refractivity contribution in [2.75, 3.05) is 23.8 Å². The molecule has 1 aliphatic carbocycles. The number of rotatable bonds is 5. The van der Waals surface area contributed by atoms with Crippen LogP contribution in [0.4, 0.5) is 11.6 Å². The van der Waals surface area contributed by atoms with Gasteiger partial charge in [0, 0.05) is 18.2 Å². The summed E-state index contributed by atoms with van der Waals surface area (Å²) in [5.41, 5.74) is 6.93. The Balaban J connectivity index is 2.37. The van der Waals surface area contributed by atoms with E-state index in [1.54, 1.807) is 0 Å². The monoisotopic (exact) mass is 236 g/mol. The lowest BCUT2D eigenvalue weighted by Crippen LogP contribution is -2.31. The molecule has 17 heavy (non-hydrogen) atoms. The molecule has 0 bridgehead atoms. The molecule has 0 spiro atoms. The first-order valence-corrected chi connectivity index (χ1v) is 6.13. The molecule has 2 rings (SSSR count). The summed E-state index contributed by atoms with van der Waals surface area (Å²) in [6.07, 6.45) is 3.84. The van der Waals surface area contributed by atoms with E-state index in [9.17, 15) is 0 Å². The van der Waals surface area contributed by atoms with Crippen LogP contribution in [0.1, 0.15) is 38.2 Å². The van der Waals surface area contributed by atoms with Crippen molar-refractivity contribution in [3.05, 3.63) is 11.9 Å². The molecule has 0 aliphatic heterocycles. The lowest BCUT2D eigenvalue weighted by Gasteiger charge is -2.26. The van der Waals surface area contributed by atoms with E-state index in [-0.39, 0.29) is 12.5 Å². The third-order valence-corrected chi connectivity index (χ3v) is 3.07. The van der Waals surface area contributed by atoms with E-state index in [0.29, 0.717) is 18.4 Å². The Morgan fingerprint density at radius 1 is 1.47 bits per heavy atom. The van der Waals surface area contributed by atoms with E-state index < -0.39 is 0 Å². The van der Waals surface area contributed by atoms with E-state index in [0.717, 1.165) is 11.4 Å². The second-order valence-electron chi connectivity index (χ2n) is 4.80. The predicted molar refractivity (Wildman–Crippen MR) is 68.0 cm³/mol. The molecule has 5 nitrogen and oxygen atoms in total. The fourth-order valence-electron chi connectivity index (χ4n) is 2.14.